The first-order valence-electron chi connectivity index (χ1n) is 7.79. The Morgan fingerprint density at radius 3 is 2.88 bits per heavy atom. The van der Waals surface area contributed by atoms with E-state index in [1.54, 1.807) is 0 Å². The molecule has 2 unspecified atom stereocenters. The number of unbranched alkanes of at least 4 members (excludes halogenated alkanes) is 3. The van der Waals surface area contributed by atoms with Gasteiger partial charge in [0.15, 0.2) is 0 Å². The van der Waals surface area contributed by atoms with Crippen LogP contribution in [0, 0.1) is 0 Å². The zero-order valence-corrected chi connectivity index (χ0v) is 11.9. The quantitative estimate of drug-likeness (QED) is 0.635. The fourth-order valence-electron chi connectivity index (χ4n) is 2.71. The lowest BCUT2D eigenvalue weighted by molar-refractivity contribution is 0.400. The van der Waals surface area contributed by atoms with Crippen molar-refractivity contribution >= 4 is 0 Å². The molecule has 0 bridgehead atoms. The van der Waals surface area contributed by atoms with E-state index in [0.717, 1.165) is 6.04 Å². The molecule has 2 N–H and O–H groups in total. The van der Waals surface area contributed by atoms with Gasteiger partial charge in [0, 0.05) is 12.1 Å². The smallest absolute Gasteiger partial charge is 0.00817 e. The molecule has 1 heterocycles. The Morgan fingerprint density at radius 2 is 2.06 bits per heavy atom. The molecule has 1 saturated heterocycles. The van der Waals surface area contributed by atoms with Crippen LogP contribution in [0.5, 0.6) is 0 Å². The Balaban J connectivity index is 2.00. The first-order valence-corrected chi connectivity index (χ1v) is 7.79. The summed E-state index contributed by atoms with van der Waals surface area (Å²) >= 11 is 0. The van der Waals surface area contributed by atoms with Gasteiger partial charge in [-0.05, 0) is 45.7 Å². The third kappa shape index (κ3) is 7.77. The second-order valence-electron chi connectivity index (χ2n) is 5.65. The van der Waals surface area contributed by atoms with Gasteiger partial charge in [0.1, 0.15) is 0 Å². The van der Waals surface area contributed by atoms with Gasteiger partial charge in [0.2, 0.25) is 0 Å². The van der Waals surface area contributed by atoms with E-state index in [1.165, 1.54) is 70.9 Å². The van der Waals surface area contributed by atoms with Crippen molar-refractivity contribution in [2.24, 2.45) is 0 Å². The summed E-state index contributed by atoms with van der Waals surface area (Å²) in [5.74, 6) is 0. The Kier molecular flexibility index (Phi) is 8.72. The zero-order chi connectivity index (χ0) is 12.3. The molecule has 0 spiro atoms. The zero-order valence-electron chi connectivity index (χ0n) is 11.9. The van der Waals surface area contributed by atoms with Crippen LogP contribution in [-0.4, -0.2) is 25.2 Å². The Bertz CT molecular complexity index is 162. The van der Waals surface area contributed by atoms with Crippen LogP contribution in [0.25, 0.3) is 0 Å². The normalized spacial score (nSPS) is 23.3. The lowest BCUT2D eigenvalue weighted by Gasteiger charge is -2.21. The lowest BCUT2D eigenvalue weighted by Crippen LogP contribution is -2.37. The molecular weight excluding hydrogens is 208 g/mol. The summed E-state index contributed by atoms with van der Waals surface area (Å²) in [4.78, 5) is 0. The Labute approximate surface area is 108 Å². The van der Waals surface area contributed by atoms with Crippen LogP contribution in [0.2, 0.25) is 0 Å². The van der Waals surface area contributed by atoms with Crippen molar-refractivity contribution in [3.05, 3.63) is 0 Å². The maximum Gasteiger partial charge on any atom is 0.00817 e. The van der Waals surface area contributed by atoms with Crippen LogP contribution in [0.15, 0.2) is 0 Å². The maximum absolute atomic E-state index is 3.68. The number of rotatable bonds is 8. The van der Waals surface area contributed by atoms with E-state index in [2.05, 4.69) is 24.5 Å². The Hall–Kier alpha value is -0.0800. The SMILES string of the molecule is CCCCCCNC(C)CC1CCCCCN1. The van der Waals surface area contributed by atoms with Gasteiger partial charge in [-0.3, -0.25) is 0 Å². The molecule has 0 radical (unpaired) electrons. The van der Waals surface area contributed by atoms with E-state index >= 15 is 0 Å². The van der Waals surface area contributed by atoms with E-state index in [0.29, 0.717) is 6.04 Å². The second kappa shape index (κ2) is 9.90. The average Bonchev–Trinajstić information content (AvgIpc) is 2.57. The molecule has 0 aliphatic carbocycles. The fraction of sp³-hybridized carbons (Fsp3) is 1.00. The van der Waals surface area contributed by atoms with E-state index in [-0.39, 0.29) is 0 Å². The average molecular weight is 240 g/mol. The van der Waals surface area contributed by atoms with Gasteiger partial charge in [-0.1, -0.05) is 39.0 Å². The van der Waals surface area contributed by atoms with Crippen LogP contribution in [0.4, 0.5) is 0 Å². The van der Waals surface area contributed by atoms with Crippen LogP contribution >= 0.6 is 0 Å². The predicted octanol–water partition coefficient (Wildman–Crippen LogP) is 3.47. The summed E-state index contributed by atoms with van der Waals surface area (Å²) < 4.78 is 0. The summed E-state index contributed by atoms with van der Waals surface area (Å²) in [5, 5.41) is 7.35. The minimum Gasteiger partial charge on any atom is -0.314 e. The largest absolute Gasteiger partial charge is 0.314 e. The van der Waals surface area contributed by atoms with Gasteiger partial charge in [0.05, 0.1) is 0 Å². The molecule has 2 heteroatoms. The van der Waals surface area contributed by atoms with Gasteiger partial charge < -0.3 is 10.6 Å². The third-order valence-corrected chi connectivity index (χ3v) is 3.82. The molecule has 0 amide bonds. The fourth-order valence-corrected chi connectivity index (χ4v) is 2.71. The Morgan fingerprint density at radius 1 is 1.18 bits per heavy atom. The molecule has 0 aromatic carbocycles. The summed E-state index contributed by atoms with van der Waals surface area (Å²) in [6.07, 6.45) is 12.3. The summed E-state index contributed by atoms with van der Waals surface area (Å²) in [5.41, 5.74) is 0. The first-order chi connectivity index (χ1) is 8.33. The van der Waals surface area contributed by atoms with Gasteiger partial charge in [-0.2, -0.15) is 0 Å². The van der Waals surface area contributed by atoms with Crippen molar-refractivity contribution in [2.75, 3.05) is 13.1 Å². The minimum atomic E-state index is 0.673. The standard InChI is InChI=1S/C15H32N2/c1-3-4-5-8-11-16-14(2)13-15-10-7-6-9-12-17-15/h14-17H,3-13H2,1-2H3. The van der Waals surface area contributed by atoms with E-state index in [4.69, 9.17) is 0 Å². The highest BCUT2D eigenvalue weighted by Crippen LogP contribution is 2.12. The van der Waals surface area contributed by atoms with Crippen LogP contribution in [0.1, 0.15) is 71.6 Å². The van der Waals surface area contributed by atoms with E-state index < -0.39 is 0 Å². The van der Waals surface area contributed by atoms with Gasteiger partial charge in [-0.15, -0.1) is 0 Å². The number of nitrogens with one attached hydrogen (secondary N) is 2. The van der Waals surface area contributed by atoms with E-state index in [9.17, 15) is 0 Å². The maximum atomic E-state index is 3.68. The molecule has 2 nitrogen and oxygen atoms in total. The molecule has 1 aliphatic heterocycles. The highest BCUT2D eigenvalue weighted by atomic mass is 14.9. The van der Waals surface area contributed by atoms with Gasteiger partial charge in [0.25, 0.3) is 0 Å². The molecule has 102 valence electrons. The highest BCUT2D eigenvalue weighted by Gasteiger charge is 2.14. The summed E-state index contributed by atoms with van der Waals surface area (Å²) in [6, 6.07) is 1.43. The molecule has 2 atom stereocenters. The van der Waals surface area contributed by atoms with Crippen molar-refractivity contribution in [3.8, 4) is 0 Å². The van der Waals surface area contributed by atoms with Crippen molar-refractivity contribution in [3.63, 3.8) is 0 Å². The van der Waals surface area contributed by atoms with Crippen LogP contribution in [0.3, 0.4) is 0 Å². The molecule has 0 aromatic heterocycles. The van der Waals surface area contributed by atoms with Crippen LogP contribution in [-0.2, 0) is 0 Å². The second-order valence-corrected chi connectivity index (χ2v) is 5.65. The number of hydrogen-bond acceptors (Lipinski definition) is 2. The molecular formula is C15H32N2. The number of hydrogen-bond donors (Lipinski definition) is 2. The van der Waals surface area contributed by atoms with Gasteiger partial charge >= 0.3 is 0 Å². The van der Waals surface area contributed by atoms with Gasteiger partial charge in [-0.25, -0.2) is 0 Å². The predicted molar refractivity (Wildman–Crippen MR) is 76.5 cm³/mol. The first kappa shape index (κ1) is 15.0. The van der Waals surface area contributed by atoms with Crippen molar-refractivity contribution in [1.82, 2.24) is 10.6 Å². The van der Waals surface area contributed by atoms with Crippen molar-refractivity contribution in [2.45, 2.75) is 83.7 Å². The molecule has 0 aromatic rings. The molecule has 1 fully saturated rings. The van der Waals surface area contributed by atoms with Crippen molar-refractivity contribution in [1.29, 1.82) is 0 Å². The van der Waals surface area contributed by atoms with E-state index in [1.807, 2.05) is 0 Å². The molecule has 17 heavy (non-hydrogen) atoms. The summed E-state index contributed by atoms with van der Waals surface area (Å²) in [6.45, 7) is 7.04. The molecule has 0 saturated carbocycles. The van der Waals surface area contributed by atoms with Crippen LogP contribution < -0.4 is 10.6 Å². The minimum absolute atomic E-state index is 0.673. The monoisotopic (exact) mass is 240 g/mol. The van der Waals surface area contributed by atoms with Crippen molar-refractivity contribution < 1.29 is 0 Å². The highest BCUT2D eigenvalue weighted by molar-refractivity contribution is 4.75. The molecule has 1 rings (SSSR count). The molecule has 1 aliphatic rings. The topological polar surface area (TPSA) is 24.1 Å². The summed E-state index contributed by atoms with van der Waals surface area (Å²) in [7, 11) is 0. The lowest BCUT2D eigenvalue weighted by atomic mass is 10.0. The third-order valence-electron chi connectivity index (χ3n) is 3.82.